The Kier molecular flexibility index (Phi) is 8.02. The molecule has 3 amide bonds. The number of rotatable bonds is 5. The van der Waals surface area contributed by atoms with Gasteiger partial charge < -0.3 is 5.32 Å². The molecule has 0 bridgehead atoms. The second-order valence-electron chi connectivity index (χ2n) is 8.15. The number of nitrogens with one attached hydrogen (secondary N) is 4. The summed E-state index contributed by atoms with van der Waals surface area (Å²) in [7, 11) is 0. The first-order valence-corrected chi connectivity index (χ1v) is 11.9. The predicted molar refractivity (Wildman–Crippen MR) is 150 cm³/mol. The Hall–Kier alpha value is -4.82. The number of thiocarbonyl (C=S) groups is 1. The maximum atomic E-state index is 12.5. The van der Waals surface area contributed by atoms with Gasteiger partial charge >= 0.3 is 0 Å². The number of anilines is 1. The van der Waals surface area contributed by atoms with Crippen molar-refractivity contribution >= 4 is 57.6 Å². The standard InChI is InChI=1S/C29H24N4O3S/c1-19-7-2-4-11-24(19)28(36)30-23-16-13-22(14-17-23)27(35)32-33-29(37)31-26(34)18-15-21-10-6-9-20-8-3-5-12-25(20)21/h2-18H,1H3,(H,30,36)(H,32,35)(H2,31,33,34,37)/b18-15+. The van der Waals surface area contributed by atoms with Gasteiger partial charge in [-0.2, -0.15) is 0 Å². The third-order valence-electron chi connectivity index (χ3n) is 5.56. The summed E-state index contributed by atoms with van der Waals surface area (Å²) < 4.78 is 0. The highest BCUT2D eigenvalue weighted by Gasteiger charge is 2.10. The number of hydrazine groups is 1. The van der Waals surface area contributed by atoms with E-state index in [2.05, 4.69) is 21.5 Å². The summed E-state index contributed by atoms with van der Waals surface area (Å²) in [4.78, 5) is 37.1. The Bertz CT molecular complexity index is 1510. The van der Waals surface area contributed by atoms with Crippen LogP contribution in [0.15, 0.2) is 97.1 Å². The Morgan fingerprint density at radius 1 is 0.757 bits per heavy atom. The van der Waals surface area contributed by atoms with Crippen LogP contribution in [0.5, 0.6) is 0 Å². The zero-order valence-corrected chi connectivity index (χ0v) is 20.8. The lowest BCUT2D eigenvalue weighted by molar-refractivity contribution is -0.115. The van der Waals surface area contributed by atoms with Gasteiger partial charge in [-0.3, -0.25) is 30.6 Å². The number of fused-ring (bicyclic) bond motifs is 1. The molecule has 8 heteroatoms. The van der Waals surface area contributed by atoms with Crippen molar-refractivity contribution in [1.29, 1.82) is 0 Å². The average molecular weight is 509 g/mol. The van der Waals surface area contributed by atoms with E-state index in [9.17, 15) is 14.4 Å². The van der Waals surface area contributed by atoms with Gasteiger partial charge in [-0.25, -0.2) is 0 Å². The average Bonchev–Trinajstić information content (AvgIpc) is 2.91. The Balaban J connectivity index is 1.26. The van der Waals surface area contributed by atoms with Crippen LogP contribution < -0.4 is 21.5 Å². The normalized spacial score (nSPS) is 10.6. The smallest absolute Gasteiger partial charge is 0.269 e. The van der Waals surface area contributed by atoms with E-state index in [-0.39, 0.29) is 11.0 Å². The minimum Gasteiger partial charge on any atom is -0.322 e. The Morgan fingerprint density at radius 2 is 1.46 bits per heavy atom. The van der Waals surface area contributed by atoms with Gasteiger partial charge in [0.05, 0.1) is 0 Å². The maximum absolute atomic E-state index is 12.5. The van der Waals surface area contributed by atoms with Crippen molar-refractivity contribution in [2.24, 2.45) is 0 Å². The molecule has 0 aliphatic rings. The molecule has 0 aliphatic carbocycles. The van der Waals surface area contributed by atoms with E-state index in [4.69, 9.17) is 12.2 Å². The van der Waals surface area contributed by atoms with E-state index >= 15 is 0 Å². The van der Waals surface area contributed by atoms with Gasteiger partial charge in [0.2, 0.25) is 5.91 Å². The molecule has 0 spiro atoms. The van der Waals surface area contributed by atoms with Gasteiger partial charge in [0.25, 0.3) is 11.8 Å². The Morgan fingerprint density at radius 3 is 2.24 bits per heavy atom. The molecule has 0 aromatic heterocycles. The molecular weight excluding hydrogens is 484 g/mol. The number of benzene rings is 4. The molecule has 184 valence electrons. The fraction of sp³-hybridized carbons (Fsp3) is 0.0345. The number of hydrogen-bond donors (Lipinski definition) is 4. The first-order chi connectivity index (χ1) is 17.9. The number of hydrogen-bond acceptors (Lipinski definition) is 4. The molecule has 4 N–H and O–H groups in total. The van der Waals surface area contributed by atoms with Gasteiger partial charge in [-0.15, -0.1) is 0 Å². The van der Waals surface area contributed by atoms with Crippen molar-refractivity contribution < 1.29 is 14.4 Å². The quantitative estimate of drug-likeness (QED) is 0.177. The van der Waals surface area contributed by atoms with Crippen LogP contribution in [0.1, 0.15) is 31.8 Å². The molecule has 0 saturated heterocycles. The highest BCUT2D eigenvalue weighted by atomic mass is 32.1. The molecule has 0 unspecified atom stereocenters. The van der Waals surface area contributed by atoms with Crippen molar-refractivity contribution in [2.75, 3.05) is 5.32 Å². The summed E-state index contributed by atoms with van der Waals surface area (Å²) in [5.41, 5.74) is 8.19. The van der Waals surface area contributed by atoms with E-state index in [0.29, 0.717) is 16.8 Å². The summed E-state index contributed by atoms with van der Waals surface area (Å²) >= 11 is 5.09. The summed E-state index contributed by atoms with van der Waals surface area (Å²) in [6.07, 6.45) is 3.08. The van der Waals surface area contributed by atoms with Crippen LogP contribution in [-0.2, 0) is 4.79 Å². The summed E-state index contributed by atoms with van der Waals surface area (Å²) in [6, 6.07) is 27.4. The third-order valence-corrected chi connectivity index (χ3v) is 5.76. The predicted octanol–water partition coefficient (Wildman–Crippen LogP) is 4.75. The monoisotopic (exact) mass is 508 g/mol. The third kappa shape index (κ3) is 6.65. The molecule has 4 rings (SSSR count). The fourth-order valence-corrected chi connectivity index (χ4v) is 3.81. The second-order valence-corrected chi connectivity index (χ2v) is 8.55. The van der Waals surface area contributed by atoms with E-state index < -0.39 is 11.8 Å². The highest BCUT2D eigenvalue weighted by molar-refractivity contribution is 7.80. The number of aryl methyl sites for hydroxylation is 1. The van der Waals surface area contributed by atoms with Crippen molar-refractivity contribution in [2.45, 2.75) is 6.92 Å². The van der Waals surface area contributed by atoms with E-state index in [1.165, 1.54) is 6.08 Å². The van der Waals surface area contributed by atoms with Crippen molar-refractivity contribution in [3.63, 3.8) is 0 Å². The Labute approximate surface area is 219 Å². The van der Waals surface area contributed by atoms with Crippen LogP contribution in [0.25, 0.3) is 16.8 Å². The molecule has 4 aromatic carbocycles. The number of carbonyl (C=O) groups excluding carboxylic acids is 3. The lowest BCUT2D eigenvalue weighted by Crippen LogP contribution is -2.48. The van der Waals surface area contributed by atoms with Gasteiger partial charge in [-0.05, 0) is 77.4 Å². The summed E-state index contributed by atoms with van der Waals surface area (Å²) in [5, 5.41) is 7.35. The van der Waals surface area contributed by atoms with Crippen molar-refractivity contribution in [3.8, 4) is 0 Å². The molecule has 7 nitrogen and oxygen atoms in total. The van der Waals surface area contributed by atoms with Gasteiger partial charge in [0, 0.05) is 22.9 Å². The summed E-state index contributed by atoms with van der Waals surface area (Å²) in [5.74, 6) is -1.12. The first-order valence-electron chi connectivity index (χ1n) is 11.4. The molecule has 37 heavy (non-hydrogen) atoms. The SMILES string of the molecule is Cc1ccccc1C(=O)Nc1ccc(C(=O)NNC(=S)NC(=O)/C=C/c2cccc3ccccc23)cc1. The van der Waals surface area contributed by atoms with Crippen molar-refractivity contribution in [1.82, 2.24) is 16.2 Å². The number of carbonyl (C=O) groups is 3. The highest BCUT2D eigenvalue weighted by Crippen LogP contribution is 2.19. The molecule has 0 atom stereocenters. The lowest BCUT2D eigenvalue weighted by atomic mass is 10.0. The van der Waals surface area contributed by atoms with Gasteiger partial charge in [0.1, 0.15) is 0 Å². The molecule has 0 aliphatic heterocycles. The van der Waals surface area contributed by atoms with E-state index in [0.717, 1.165) is 21.9 Å². The van der Waals surface area contributed by atoms with Crippen molar-refractivity contribution in [3.05, 3.63) is 119 Å². The van der Waals surface area contributed by atoms with E-state index in [1.807, 2.05) is 61.5 Å². The van der Waals surface area contributed by atoms with E-state index in [1.54, 1.807) is 42.5 Å². The second kappa shape index (κ2) is 11.7. The van der Waals surface area contributed by atoms with Crippen LogP contribution in [0.4, 0.5) is 5.69 Å². The first kappa shape index (κ1) is 25.3. The topological polar surface area (TPSA) is 99.3 Å². The molecule has 0 fully saturated rings. The van der Waals surface area contributed by atoms with Gasteiger partial charge in [-0.1, -0.05) is 60.7 Å². The van der Waals surface area contributed by atoms with Gasteiger partial charge in [0.15, 0.2) is 5.11 Å². The summed E-state index contributed by atoms with van der Waals surface area (Å²) in [6.45, 7) is 1.86. The van der Waals surface area contributed by atoms with Crippen LogP contribution >= 0.6 is 12.2 Å². The van der Waals surface area contributed by atoms with Crippen LogP contribution in [0.3, 0.4) is 0 Å². The maximum Gasteiger partial charge on any atom is 0.269 e. The van der Waals surface area contributed by atoms with Crippen LogP contribution in [-0.4, -0.2) is 22.8 Å². The minimum absolute atomic E-state index is 0.0527. The lowest BCUT2D eigenvalue weighted by Gasteiger charge is -2.11. The molecule has 0 saturated carbocycles. The molecule has 0 radical (unpaired) electrons. The fourth-order valence-electron chi connectivity index (χ4n) is 3.66. The number of amides is 3. The molecular formula is C29H24N4O3S. The molecule has 0 heterocycles. The minimum atomic E-state index is -0.459. The zero-order chi connectivity index (χ0) is 26.2. The largest absolute Gasteiger partial charge is 0.322 e. The van der Waals surface area contributed by atoms with Crippen LogP contribution in [0.2, 0.25) is 0 Å². The zero-order valence-electron chi connectivity index (χ0n) is 19.9. The molecule has 4 aromatic rings. The van der Waals surface area contributed by atoms with Crippen LogP contribution in [0, 0.1) is 6.92 Å².